The van der Waals surface area contributed by atoms with Crippen molar-refractivity contribution >= 4 is 28.6 Å². The van der Waals surface area contributed by atoms with Gasteiger partial charge in [-0.05, 0) is 54.5 Å². The van der Waals surface area contributed by atoms with Crippen molar-refractivity contribution in [1.82, 2.24) is 4.98 Å². The van der Waals surface area contributed by atoms with Crippen LogP contribution in [-0.2, 0) is 0 Å². The minimum Gasteiger partial charge on any atom is -0.371 e. The highest BCUT2D eigenvalue weighted by Crippen LogP contribution is 2.26. The number of aryl methyl sites for hydroxylation is 1. The third kappa shape index (κ3) is 3.87. The highest BCUT2D eigenvalue weighted by atomic mass is 19.1. The average molecular weight is 360 g/mol. The Balaban J connectivity index is 1.65. The molecule has 1 saturated heterocycles. The summed E-state index contributed by atoms with van der Waals surface area (Å²) in [7, 11) is 0. The Morgan fingerprint density at radius 1 is 0.926 bits per heavy atom. The van der Waals surface area contributed by atoms with E-state index >= 15 is 0 Å². The fourth-order valence-electron chi connectivity index (χ4n) is 3.88. The van der Waals surface area contributed by atoms with Gasteiger partial charge >= 0.3 is 0 Å². The quantitative estimate of drug-likeness (QED) is 0.550. The van der Waals surface area contributed by atoms with E-state index in [1.54, 1.807) is 0 Å². The minimum absolute atomic E-state index is 0.181. The van der Waals surface area contributed by atoms with E-state index in [-0.39, 0.29) is 5.82 Å². The van der Waals surface area contributed by atoms with Gasteiger partial charge in [-0.25, -0.2) is 4.39 Å². The average Bonchev–Trinajstić information content (AvgIpc) is 2.98. The second-order valence-electron chi connectivity index (χ2n) is 7.31. The van der Waals surface area contributed by atoms with E-state index in [2.05, 4.69) is 22.9 Å². The maximum atomic E-state index is 14.0. The number of aromatic nitrogens is 1. The Morgan fingerprint density at radius 2 is 1.67 bits per heavy atom. The van der Waals surface area contributed by atoms with Crippen molar-refractivity contribution in [3.05, 3.63) is 71.3 Å². The molecule has 0 atom stereocenters. The summed E-state index contributed by atoms with van der Waals surface area (Å²) in [6, 6.07) is 13.1. The zero-order valence-corrected chi connectivity index (χ0v) is 15.8. The van der Waals surface area contributed by atoms with Gasteiger partial charge in [-0.2, -0.15) is 0 Å². The van der Waals surface area contributed by atoms with Crippen LogP contribution in [0.25, 0.3) is 22.9 Å². The molecule has 0 aliphatic carbocycles. The number of pyridine rings is 1. The van der Waals surface area contributed by atoms with E-state index in [0.29, 0.717) is 5.39 Å². The van der Waals surface area contributed by atoms with Crippen LogP contribution in [0.4, 0.5) is 10.1 Å². The van der Waals surface area contributed by atoms with Gasteiger partial charge < -0.3 is 4.90 Å². The predicted molar refractivity (Wildman–Crippen MR) is 112 cm³/mol. The highest BCUT2D eigenvalue weighted by Gasteiger charge is 2.12. The van der Waals surface area contributed by atoms with Crippen LogP contribution >= 0.6 is 0 Å². The Bertz CT molecular complexity index is 969. The van der Waals surface area contributed by atoms with Gasteiger partial charge in [0.15, 0.2) is 0 Å². The van der Waals surface area contributed by atoms with Gasteiger partial charge in [-0.15, -0.1) is 0 Å². The van der Waals surface area contributed by atoms with E-state index < -0.39 is 0 Å². The first-order valence-electron chi connectivity index (χ1n) is 9.79. The van der Waals surface area contributed by atoms with Gasteiger partial charge in [0.25, 0.3) is 0 Å². The smallest absolute Gasteiger partial charge is 0.131 e. The molecule has 1 aromatic heterocycles. The Morgan fingerprint density at radius 3 is 2.44 bits per heavy atom. The normalized spacial score (nSPS) is 15.4. The van der Waals surface area contributed by atoms with Crippen LogP contribution in [0.2, 0.25) is 0 Å². The topological polar surface area (TPSA) is 16.1 Å². The lowest BCUT2D eigenvalue weighted by atomic mass is 10.0. The summed E-state index contributed by atoms with van der Waals surface area (Å²) in [5, 5.41) is 1.58. The molecular formula is C24H25FN2. The molecule has 1 aliphatic heterocycles. The Labute approximate surface area is 160 Å². The molecule has 3 aromatic rings. The zero-order valence-electron chi connectivity index (χ0n) is 15.8. The van der Waals surface area contributed by atoms with E-state index in [1.807, 2.05) is 48.7 Å². The molecule has 0 unspecified atom stereocenters. The van der Waals surface area contributed by atoms with Gasteiger partial charge in [0, 0.05) is 30.4 Å². The van der Waals surface area contributed by atoms with E-state index in [4.69, 9.17) is 0 Å². The molecule has 3 heteroatoms. The van der Waals surface area contributed by atoms with E-state index in [0.717, 1.165) is 29.7 Å². The molecule has 0 saturated carbocycles. The first-order valence-corrected chi connectivity index (χ1v) is 9.79. The van der Waals surface area contributed by atoms with Gasteiger partial charge in [-0.3, -0.25) is 4.98 Å². The van der Waals surface area contributed by atoms with Crippen molar-refractivity contribution in [1.29, 1.82) is 0 Å². The number of hydrogen-bond donors (Lipinski definition) is 0. The number of halogens is 1. The standard InChI is InChI=1S/C24H25FN2/c1-18-17-26-20(16-24(18)27-14-6-2-3-7-15-27)12-10-19-11-13-23(25)22-9-5-4-8-21(19)22/h4-5,8-13,16-17H,2-3,6-7,14-15H2,1H3. The molecule has 0 spiro atoms. The van der Waals surface area contributed by atoms with Crippen molar-refractivity contribution in [3.8, 4) is 0 Å². The molecule has 0 amide bonds. The molecule has 2 nitrogen and oxygen atoms in total. The zero-order chi connectivity index (χ0) is 18.6. The number of anilines is 1. The molecule has 0 bridgehead atoms. The summed E-state index contributed by atoms with van der Waals surface area (Å²) in [5.74, 6) is -0.181. The van der Waals surface area contributed by atoms with Gasteiger partial charge in [0.2, 0.25) is 0 Å². The second kappa shape index (κ2) is 7.91. The first-order chi connectivity index (χ1) is 13.2. The summed E-state index contributed by atoms with van der Waals surface area (Å²) < 4.78 is 14.0. The van der Waals surface area contributed by atoms with Crippen LogP contribution in [0.15, 0.2) is 48.7 Å². The molecule has 2 aromatic carbocycles. The highest BCUT2D eigenvalue weighted by molar-refractivity contribution is 5.93. The minimum atomic E-state index is -0.181. The Hall–Kier alpha value is -2.68. The Kier molecular flexibility index (Phi) is 5.19. The molecule has 1 aliphatic rings. The van der Waals surface area contributed by atoms with Crippen molar-refractivity contribution in [2.24, 2.45) is 0 Å². The number of rotatable bonds is 3. The van der Waals surface area contributed by atoms with Crippen LogP contribution in [0, 0.1) is 12.7 Å². The molecule has 0 N–H and O–H groups in total. The molecule has 27 heavy (non-hydrogen) atoms. The van der Waals surface area contributed by atoms with E-state index in [9.17, 15) is 4.39 Å². The molecule has 2 heterocycles. The summed E-state index contributed by atoms with van der Waals surface area (Å²) in [4.78, 5) is 7.08. The van der Waals surface area contributed by atoms with Gasteiger partial charge in [-0.1, -0.05) is 49.2 Å². The maximum absolute atomic E-state index is 14.0. The van der Waals surface area contributed by atoms with Crippen molar-refractivity contribution in [3.63, 3.8) is 0 Å². The maximum Gasteiger partial charge on any atom is 0.131 e. The fraction of sp³-hybridized carbons (Fsp3) is 0.292. The number of nitrogens with zero attached hydrogens (tertiary/aromatic N) is 2. The first kappa shape index (κ1) is 17.7. The van der Waals surface area contributed by atoms with Crippen molar-refractivity contribution in [2.45, 2.75) is 32.6 Å². The lowest BCUT2D eigenvalue weighted by Crippen LogP contribution is -2.24. The summed E-state index contributed by atoms with van der Waals surface area (Å²) in [6.07, 6.45) is 11.2. The third-order valence-corrected chi connectivity index (χ3v) is 5.38. The molecule has 4 rings (SSSR count). The van der Waals surface area contributed by atoms with Crippen LogP contribution in [0.3, 0.4) is 0 Å². The molecule has 0 radical (unpaired) electrons. The second-order valence-corrected chi connectivity index (χ2v) is 7.31. The fourth-order valence-corrected chi connectivity index (χ4v) is 3.88. The number of fused-ring (bicyclic) bond motifs is 1. The summed E-state index contributed by atoms with van der Waals surface area (Å²) >= 11 is 0. The van der Waals surface area contributed by atoms with Crippen LogP contribution in [-0.4, -0.2) is 18.1 Å². The lowest BCUT2D eigenvalue weighted by Gasteiger charge is -2.24. The third-order valence-electron chi connectivity index (χ3n) is 5.38. The molecule has 1 fully saturated rings. The van der Waals surface area contributed by atoms with Crippen molar-refractivity contribution in [2.75, 3.05) is 18.0 Å². The van der Waals surface area contributed by atoms with Crippen molar-refractivity contribution < 1.29 is 4.39 Å². The van der Waals surface area contributed by atoms with Gasteiger partial charge in [0.1, 0.15) is 5.82 Å². The number of benzene rings is 2. The lowest BCUT2D eigenvalue weighted by molar-refractivity contribution is 0.640. The van der Waals surface area contributed by atoms with E-state index in [1.165, 1.54) is 43.0 Å². The summed E-state index contributed by atoms with van der Waals surface area (Å²) in [6.45, 7) is 4.38. The van der Waals surface area contributed by atoms with Crippen LogP contribution < -0.4 is 4.90 Å². The van der Waals surface area contributed by atoms with Gasteiger partial charge in [0.05, 0.1) is 5.69 Å². The monoisotopic (exact) mass is 360 g/mol. The summed E-state index contributed by atoms with van der Waals surface area (Å²) in [5.41, 5.74) is 4.45. The molecular weight excluding hydrogens is 335 g/mol. The largest absolute Gasteiger partial charge is 0.371 e. The number of hydrogen-bond acceptors (Lipinski definition) is 2. The predicted octanol–water partition coefficient (Wildman–Crippen LogP) is 6.23. The van der Waals surface area contributed by atoms with Crippen LogP contribution in [0.5, 0.6) is 0 Å². The SMILES string of the molecule is Cc1cnc(C=Cc2ccc(F)c3ccccc23)cc1N1CCCCCC1. The molecule has 138 valence electrons. The van der Waals surface area contributed by atoms with Crippen LogP contribution in [0.1, 0.15) is 42.5 Å².